The van der Waals surface area contributed by atoms with Crippen molar-refractivity contribution in [1.82, 2.24) is 0 Å². The molecular formula is C22H28O4. The molecular weight excluding hydrogens is 328 g/mol. The lowest BCUT2D eigenvalue weighted by Gasteiger charge is -2.20. The Kier molecular flexibility index (Phi) is 6.26. The minimum atomic E-state index is 0.613. The Morgan fingerprint density at radius 2 is 1.58 bits per heavy atom. The predicted octanol–water partition coefficient (Wildman–Crippen LogP) is 4.60. The molecule has 0 unspecified atom stereocenters. The van der Waals surface area contributed by atoms with Gasteiger partial charge >= 0.3 is 0 Å². The Hall–Kier alpha value is -2.36. The highest BCUT2D eigenvalue weighted by atomic mass is 16.6. The van der Waals surface area contributed by atoms with Crippen molar-refractivity contribution in [3.63, 3.8) is 0 Å². The van der Waals surface area contributed by atoms with Gasteiger partial charge in [-0.05, 0) is 54.5 Å². The summed E-state index contributed by atoms with van der Waals surface area (Å²) in [6.45, 7) is 6.40. The lowest BCUT2D eigenvalue weighted by Crippen LogP contribution is -2.15. The van der Waals surface area contributed by atoms with E-state index in [1.165, 1.54) is 24.0 Å². The third-order valence-corrected chi connectivity index (χ3v) is 4.71. The summed E-state index contributed by atoms with van der Waals surface area (Å²) in [6, 6.07) is 10.4. The van der Waals surface area contributed by atoms with Crippen LogP contribution in [0.15, 0.2) is 30.3 Å². The second-order valence-electron chi connectivity index (χ2n) is 6.41. The lowest BCUT2D eigenvalue weighted by molar-refractivity contribution is 0.170. The fraction of sp³-hybridized carbons (Fsp3) is 0.455. The van der Waals surface area contributed by atoms with Gasteiger partial charge in [0.15, 0.2) is 11.5 Å². The monoisotopic (exact) mass is 356 g/mol. The number of aryl methyl sites for hydroxylation is 3. The Bertz CT molecular complexity index is 695. The first-order valence-corrected chi connectivity index (χ1v) is 9.46. The number of benzene rings is 2. The Morgan fingerprint density at radius 1 is 0.846 bits per heavy atom. The number of methoxy groups -OCH3 is 1. The van der Waals surface area contributed by atoms with Crippen molar-refractivity contribution >= 4 is 0 Å². The second kappa shape index (κ2) is 8.84. The van der Waals surface area contributed by atoms with Crippen LogP contribution < -0.4 is 18.9 Å². The number of fused-ring (bicyclic) bond motifs is 2. The molecule has 0 aromatic heterocycles. The van der Waals surface area contributed by atoms with Crippen molar-refractivity contribution in [2.75, 3.05) is 26.9 Å². The minimum Gasteiger partial charge on any atom is -0.496 e. The second-order valence-corrected chi connectivity index (χ2v) is 6.41. The summed E-state index contributed by atoms with van der Waals surface area (Å²) in [5.74, 6) is 3.58. The van der Waals surface area contributed by atoms with Crippen LogP contribution >= 0.6 is 0 Å². The van der Waals surface area contributed by atoms with E-state index in [-0.39, 0.29) is 0 Å². The zero-order valence-electron chi connectivity index (χ0n) is 16.0. The van der Waals surface area contributed by atoms with Gasteiger partial charge in [0.25, 0.3) is 0 Å². The fourth-order valence-corrected chi connectivity index (χ4v) is 3.21. The van der Waals surface area contributed by atoms with E-state index in [2.05, 4.69) is 32.0 Å². The SMILES string of the molecule is CCc1cc2c(cc1OC)OCCO2.CCc1ccc2c(c1)CCCO2. The van der Waals surface area contributed by atoms with E-state index in [9.17, 15) is 0 Å². The molecule has 0 N–H and O–H groups in total. The molecule has 0 atom stereocenters. The quantitative estimate of drug-likeness (QED) is 0.805. The van der Waals surface area contributed by atoms with Gasteiger partial charge in [0.1, 0.15) is 24.7 Å². The van der Waals surface area contributed by atoms with E-state index in [0.717, 1.165) is 48.0 Å². The van der Waals surface area contributed by atoms with Crippen LogP contribution in [0.1, 0.15) is 37.0 Å². The summed E-state index contributed by atoms with van der Waals surface area (Å²) in [5, 5.41) is 0. The standard InChI is InChI=1S/C11H14O3.C11H14O/c1-3-8-6-10-11(7-9(8)12-2)14-5-4-13-10;1-2-9-5-6-11-10(8-9)4-3-7-12-11/h6-7H,3-5H2,1-2H3;5-6,8H,2-4,7H2,1H3. The van der Waals surface area contributed by atoms with Crippen molar-refractivity contribution in [1.29, 1.82) is 0 Å². The zero-order chi connectivity index (χ0) is 18.4. The molecule has 0 aliphatic carbocycles. The van der Waals surface area contributed by atoms with Crippen LogP contribution in [0, 0.1) is 0 Å². The normalized spacial score (nSPS) is 14.4. The maximum absolute atomic E-state index is 5.52. The van der Waals surface area contributed by atoms with Crippen molar-refractivity contribution < 1.29 is 18.9 Å². The van der Waals surface area contributed by atoms with Gasteiger partial charge in [-0.2, -0.15) is 0 Å². The molecule has 2 aromatic rings. The molecule has 0 saturated carbocycles. The topological polar surface area (TPSA) is 36.9 Å². The first-order valence-electron chi connectivity index (χ1n) is 9.46. The fourth-order valence-electron chi connectivity index (χ4n) is 3.21. The van der Waals surface area contributed by atoms with E-state index in [0.29, 0.717) is 13.2 Å². The average molecular weight is 356 g/mol. The summed E-state index contributed by atoms with van der Waals surface area (Å²) < 4.78 is 21.7. The van der Waals surface area contributed by atoms with Crippen molar-refractivity contribution in [2.45, 2.75) is 39.5 Å². The van der Waals surface area contributed by atoms with Gasteiger partial charge in [-0.25, -0.2) is 0 Å². The van der Waals surface area contributed by atoms with E-state index in [1.807, 2.05) is 12.1 Å². The van der Waals surface area contributed by atoms with Crippen LogP contribution in [-0.4, -0.2) is 26.9 Å². The molecule has 140 valence electrons. The summed E-state index contributed by atoms with van der Waals surface area (Å²) in [4.78, 5) is 0. The van der Waals surface area contributed by atoms with Gasteiger partial charge in [-0.15, -0.1) is 0 Å². The van der Waals surface area contributed by atoms with Crippen molar-refractivity contribution in [3.05, 3.63) is 47.0 Å². The van der Waals surface area contributed by atoms with Crippen LogP contribution in [0.5, 0.6) is 23.0 Å². The molecule has 2 heterocycles. The van der Waals surface area contributed by atoms with Crippen LogP contribution in [0.25, 0.3) is 0 Å². The summed E-state index contributed by atoms with van der Waals surface area (Å²) in [7, 11) is 1.67. The van der Waals surface area contributed by atoms with Gasteiger partial charge in [-0.3, -0.25) is 0 Å². The van der Waals surface area contributed by atoms with E-state index < -0.39 is 0 Å². The highest BCUT2D eigenvalue weighted by molar-refractivity contribution is 5.51. The predicted molar refractivity (Wildman–Crippen MR) is 103 cm³/mol. The van der Waals surface area contributed by atoms with E-state index in [1.54, 1.807) is 7.11 Å². The summed E-state index contributed by atoms with van der Waals surface area (Å²) in [6.07, 6.45) is 4.40. The number of ether oxygens (including phenoxy) is 4. The average Bonchev–Trinajstić information content (AvgIpc) is 2.72. The first-order chi connectivity index (χ1) is 12.7. The molecule has 0 spiro atoms. The number of rotatable bonds is 3. The van der Waals surface area contributed by atoms with Crippen LogP contribution in [0.4, 0.5) is 0 Å². The maximum atomic E-state index is 5.52. The van der Waals surface area contributed by atoms with Crippen LogP contribution in [0.3, 0.4) is 0 Å². The van der Waals surface area contributed by atoms with Crippen molar-refractivity contribution in [3.8, 4) is 23.0 Å². The van der Waals surface area contributed by atoms with Crippen LogP contribution in [0.2, 0.25) is 0 Å². The highest BCUT2D eigenvalue weighted by Crippen LogP contribution is 2.36. The Balaban J connectivity index is 0.000000152. The molecule has 4 rings (SSSR count). The van der Waals surface area contributed by atoms with Gasteiger partial charge in [0.05, 0.1) is 13.7 Å². The molecule has 4 nitrogen and oxygen atoms in total. The van der Waals surface area contributed by atoms with E-state index in [4.69, 9.17) is 18.9 Å². The van der Waals surface area contributed by atoms with Gasteiger partial charge in [0.2, 0.25) is 0 Å². The Morgan fingerprint density at radius 3 is 2.27 bits per heavy atom. The molecule has 0 radical (unpaired) electrons. The molecule has 26 heavy (non-hydrogen) atoms. The molecule has 0 amide bonds. The molecule has 0 saturated heterocycles. The third-order valence-electron chi connectivity index (χ3n) is 4.71. The van der Waals surface area contributed by atoms with Gasteiger partial charge < -0.3 is 18.9 Å². The molecule has 0 bridgehead atoms. The van der Waals surface area contributed by atoms with Gasteiger partial charge in [-0.1, -0.05) is 26.0 Å². The zero-order valence-corrected chi connectivity index (χ0v) is 16.0. The molecule has 0 fully saturated rings. The van der Waals surface area contributed by atoms with Crippen molar-refractivity contribution in [2.24, 2.45) is 0 Å². The summed E-state index contributed by atoms with van der Waals surface area (Å²) >= 11 is 0. The molecule has 2 aliphatic rings. The highest BCUT2D eigenvalue weighted by Gasteiger charge is 2.15. The summed E-state index contributed by atoms with van der Waals surface area (Å²) in [5.41, 5.74) is 3.96. The Labute approximate surface area is 156 Å². The van der Waals surface area contributed by atoms with E-state index >= 15 is 0 Å². The maximum Gasteiger partial charge on any atom is 0.165 e. The molecule has 4 heteroatoms. The smallest absolute Gasteiger partial charge is 0.165 e. The number of hydrogen-bond donors (Lipinski definition) is 0. The van der Waals surface area contributed by atoms with Gasteiger partial charge in [0, 0.05) is 6.07 Å². The molecule has 2 aromatic carbocycles. The lowest BCUT2D eigenvalue weighted by atomic mass is 10.0. The first kappa shape index (κ1) is 18.4. The largest absolute Gasteiger partial charge is 0.496 e. The van der Waals surface area contributed by atoms with Crippen LogP contribution in [-0.2, 0) is 19.3 Å². The third kappa shape index (κ3) is 4.24. The molecule has 2 aliphatic heterocycles. The number of hydrogen-bond acceptors (Lipinski definition) is 4. The minimum absolute atomic E-state index is 0.613.